The molecule has 0 aromatic heterocycles. The van der Waals surface area contributed by atoms with Crippen LogP contribution in [-0.4, -0.2) is 0 Å². The van der Waals surface area contributed by atoms with Gasteiger partial charge in [0, 0.05) is 4.47 Å². The molecule has 0 atom stereocenters. The van der Waals surface area contributed by atoms with Crippen LogP contribution in [0.1, 0.15) is 0 Å². The Bertz CT molecular complexity index is 1920. The summed E-state index contributed by atoms with van der Waals surface area (Å²) in [6.45, 7) is 0. The third-order valence-electron chi connectivity index (χ3n) is 7.29. The van der Waals surface area contributed by atoms with Crippen molar-refractivity contribution >= 4 is 48.2 Å². The highest BCUT2D eigenvalue weighted by atomic mass is 79.9. The van der Waals surface area contributed by atoms with Crippen molar-refractivity contribution in [3.63, 3.8) is 0 Å². The van der Waals surface area contributed by atoms with E-state index in [1.165, 1.54) is 65.7 Å². The third kappa shape index (κ3) is 3.66. The molecule has 0 aliphatic carbocycles. The molecule has 0 radical (unpaired) electrons. The molecule has 0 spiro atoms. The molecule has 0 unspecified atom stereocenters. The second kappa shape index (κ2) is 9.03. The molecule has 7 aromatic rings. The topological polar surface area (TPSA) is 0 Å². The van der Waals surface area contributed by atoms with Crippen molar-refractivity contribution in [2.75, 3.05) is 0 Å². The zero-order valence-electron chi connectivity index (χ0n) is 20.2. The summed E-state index contributed by atoms with van der Waals surface area (Å²) in [5.74, 6) is 0. The third-order valence-corrected chi connectivity index (χ3v) is 7.79. The van der Waals surface area contributed by atoms with Gasteiger partial charge in [0.15, 0.2) is 0 Å². The molecule has 0 saturated carbocycles. The zero-order chi connectivity index (χ0) is 24.8. The lowest BCUT2D eigenvalue weighted by Gasteiger charge is -2.22. The summed E-state index contributed by atoms with van der Waals surface area (Å²) in [4.78, 5) is 0. The van der Waals surface area contributed by atoms with Crippen molar-refractivity contribution in [2.24, 2.45) is 0 Å². The van der Waals surface area contributed by atoms with Gasteiger partial charge in [-0.25, -0.2) is 0 Å². The predicted octanol–water partition coefficient (Wildman–Crippen LogP) is 10.9. The Hall–Kier alpha value is -4.20. The van der Waals surface area contributed by atoms with Crippen molar-refractivity contribution in [1.29, 1.82) is 0 Å². The molecule has 0 amide bonds. The highest BCUT2D eigenvalue weighted by Gasteiger charge is 2.21. The quantitative estimate of drug-likeness (QED) is 0.198. The van der Waals surface area contributed by atoms with E-state index in [2.05, 4.69) is 155 Å². The average molecular weight is 535 g/mol. The zero-order valence-corrected chi connectivity index (χ0v) is 21.7. The summed E-state index contributed by atoms with van der Waals surface area (Å²) in [6.07, 6.45) is 0. The molecule has 0 aliphatic rings. The maximum Gasteiger partial charge on any atom is 0.0181 e. The minimum absolute atomic E-state index is 1.08. The molecule has 0 saturated heterocycles. The Kier molecular flexibility index (Phi) is 5.38. The first-order valence-corrected chi connectivity index (χ1v) is 13.4. The van der Waals surface area contributed by atoms with Gasteiger partial charge < -0.3 is 0 Å². The second-order valence-corrected chi connectivity index (χ2v) is 10.3. The van der Waals surface area contributed by atoms with Crippen LogP contribution in [0.2, 0.25) is 0 Å². The van der Waals surface area contributed by atoms with Crippen molar-refractivity contribution in [2.45, 2.75) is 0 Å². The van der Waals surface area contributed by atoms with Crippen LogP contribution in [0.25, 0.3) is 65.7 Å². The van der Waals surface area contributed by atoms with E-state index in [9.17, 15) is 0 Å². The Morgan fingerprint density at radius 2 is 0.865 bits per heavy atom. The van der Waals surface area contributed by atoms with Crippen LogP contribution in [0, 0.1) is 0 Å². The lowest BCUT2D eigenvalue weighted by atomic mass is 9.81. The number of halogens is 1. The summed E-state index contributed by atoms with van der Waals surface area (Å²) in [5.41, 5.74) is 7.41. The molecule has 0 N–H and O–H groups in total. The minimum Gasteiger partial charge on any atom is -0.0622 e. The molecular weight excluding hydrogens is 512 g/mol. The van der Waals surface area contributed by atoms with Gasteiger partial charge in [0.1, 0.15) is 0 Å². The number of fused-ring (bicyclic) bond motifs is 6. The lowest BCUT2D eigenvalue weighted by Crippen LogP contribution is -1.94. The van der Waals surface area contributed by atoms with Gasteiger partial charge in [-0.2, -0.15) is 0 Å². The van der Waals surface area contributed by atoms with Crippen LogP contribution in [0.5, 0.6) is 0 Å². The SMILES string of the molecule is Brc1cccc(-c2cc(-c3ccccc3)c3c4ccccc4c4ccccc4c3c2-c2ccccc2)c1. The fraction of sp³-hybridized carbons (Fsp3) is 0. The highest BCUT2D eigenvalue weighted by Crippen LogP contribution is 2.48. The number of hydrogen-bond acceptors (Lipinski definition) is 0. The van der Waals surface area contributed by atoms with E-state index in [0.717, 1.165) is 4.47 Å². The van der Waals surface area contributed by atoms with Crippen LogP contribution in [0.3, 0.4) is 0 Å². The van der Waals surface area contributed by atoms with Crippen LogP contribution >= 0.6 is 15.9 Å². The smallest absolute Gasteiger partial charge is 0.0181 e. The van der Waals surface area contributed by atoms with Crippen molar-refractivity contribution in [1.82, 2.24) is 0 Å². The monoisotopic (exact) mass is 534 g/mol. The summed E-state index contributed by atoms with van der Waals surface area (Å²) in [5, 5.41) is 7.75. The molecule has 1 heteroatoms. The molecule has 0 fully saturated rings. The van der Waals surface area contributed by atoms with E-state index < -0.39 is 0 Å². The first-order valence-electron chi connectivity index (χ1n) is 12.6. The molecule has 37 heavy (non-hydrogen) atoms. The van der Waals surface area contributed by atoms with Gasteiger partial charge in [-0.3, -0.25) is 0 Å². The van der Waals surface area contributed by atoms with E-state index in [4.69, 9.17) is 0 Å². The van der Waals surface area contributed by atoms with Crippen LogP contribution in [-0.2, 0) is 0 Å². The Morgan fingerprint density at radius 3 is 1.49 bits per heavy atom. The van der Waals surface area contributed by atoms with Gasteiger partial charge in [-0.1, -0.05) is 137 Å². The molecule has 0 heterocycles. The highest BCUT2D eigenvalue weighted by molar-refractivity contribution is 9.10. The standard InChI is InChI=1S/C36H23Br/c37-27-17-11-16-26(22-27)33-23-32(24-12-3-1-4-13-24)35-30-20-9-7-18-28(30)29-19-8-10-21-31(29)36(35)34(33)25-14-5-2-6-15-25/h1-23H. The van der Waals surface area contributed by atoms with E-state index >= 15 is 0 Å². The van der Waals surface area contributed by atoms with E-state index in [-0.39, 0.29) is 0 Å². The second-order valence-electron chi connectivity index (χ2n) is 9.43. The minimum atomic E-state index is 1.08. The Morgan fingerprint density at radius 1 is 0.351 bits per heavy atom. The van der Waals surface area contributed by atoms with E-state index in [1.54, 1.807) is 0 Å². The van der Waals surface area contributed by atoms with Gasteiger partial charge in [-0.05, 0) is 83.9 Å². The first-order chi connectivity index (χ1) is 18.3. The molecule has 0 bridgehead atoms. The average Bonchev–Trinajstić information content (AvgIpc) is 2.97. The van der Waals surface area contributed by atoms with Crippen LogP contribution < -0.4 is 0 Å². The van der Waals surface area contributed by atoms with Gasteiger partial charge in [-0.15, -0.1) is 0 Å². The van der Waals surface area contributed by atoms with Crippen LogP contribution in [0.15, 0.2) is 144 Å². The molecule has 7 aromatic carbocycles. The van der Waals surface area contributed by atoms with Crippen LogP contribution in [0.4, 0.5) is 0 Å². The van der Waals surface area contributed by atoms with E-state index in [0.29, 0.717) is 0 Å². The number of hydrogen-bond donors (Lipinski definition) is 0. The molecule has 0 aliphatic heterocycles. The maximum atomic E-state index is 3.73. The fourth-order valence-corrected chi connectivity index (χ4v) is 6.14. The normalized spacial score (nSPS) is 11.4. The van der Waals surface area contributed by atoms with Gasteiger partial charge in [0.2, 0.25) is 0 Å². The Balaban J connectivity index is 1.81. The Labute approximate surface area is 225 Å². The largest absolute Gasteiger partial charge is 0.0622 e. The van der Waals surface area contributed by atoms with Gasteiger partial charge in [0.05, 0.1) is 0 Å². The summed E-state index contributed by atoms with van der Waals surface area (Å²) in [7, 11) is 0. The fourth-order valence-electron chi connectivity index (χ4n) is 5.74. The first kappa shape index (κ1) is 22.0. The molecule has 174 valence electrons. The maximum absolute atomic E-state index is 3.73. The number of benzene rings is 7. The summed E-state index contributed by atoms with van der Waals surface area (Å²) < 4.78 is 1.08. The van der Waals surface area contributed by atoms with E-state index in [1.807, 2.05) is 0 Å². The number of rotatable bonds is 3. The lowest BCUT2D eigenvalue weighted by molar-refractivity contribution is 1.58. The summed E-state index contributed by atoms with van der Waals surface area (Å²) in [6, 6.07) is 50.5. The van der Waals surface area contributed by atoms with Crippen molar-refractivity contribution in [3.8, 4) is 33.4 Å². The van der Waals surface area contributed by atoms with Crippen molar-refractivity contribution in [3.05, 3.63) is 144 Å². The molecule has 7 rings (SSSR count). The predicted molar refractivity (Wildman–Crippen MR) is 163 cm³/mol. The van der Waals surface area contributed by atoms with Crippen molar-refractivity contribution < 1.29 is 0 Å². The van der Waals surface area contributed by atoms with Gasteiger partial charge >= 0.3 is 0 Å². The summed E-state index contributed by atoms with van der Waals surface area (Å²) >= 11 is 3.73. The molecule has 0 nitrogen and oxygen atoms in total. The van der Waals surface area contributed by atoms with Gasteiger partial charge in [0.25, 0.3) is 0 Å². The molecular formula is C36H23Br.